The molecule has 0 amide bonds. The van der Waals surface area contributed by atoms with Gasteiger partial charge in [0, 0.05) is 17.1 Å². The smallest absolute Gasteiger partial charge is 0.0686 e. The Labute approximate surface area is 120 Å². The van der Waals surface area contributed by atoms with Crippen molar-refractivity contribution in [1.29, 1.82) is 0 Å². The second kappa shape index (κ2) is 5.22. The third-order valence-electron chi connectivity index (χ3n) is 4.49. The molecular weight excluding hydrogens is 252 g/mol. The van der Waals surface area contributed by atoms with Crippen molar-refractivity contribution < 1.29 is 0 Å². The van der Waals surface area contributed by atoms with Gasteiger partial charge in [0.1, 0.15) is 0 Å². The van der Waals surface area contributed by atoms with Crippen LogP contribution in [0.2, 0.25) is 0 Å². The highest BCUT2D eigenvalue weighted by Gasteiger charge is 2.41. The van der Waals surface area contributed by atoms with Gasteiger partial charge in [0.15, 0.2) is 0 Å². The van der Waals surface area contributed by atoms with Crippen LogP contribution in [-0.4, -0.2) is 29.4 Å². The van der Waals surface area contributed by atoms with Gasteiger partial charge >= 0.3 is 0 Å². The molecule has 0 spiro atoms. The predicted octanol–water partition coefficient (Wildman–Crippen LogP) is 3.22. The monoisotopic (exact) mass is 274 g/mol. The van der Waals surface area contributed by atoms with E-state index in [1.807, 2.05) is 11.8 Å². The van der Waals surface area contributed by atoms with Gasteiger partial charge in [-0.05, 0) is 38.8 Å². The van der Waals surface area contributed by atoms with Crippen molar-refractivity contribution in [3.05, 3.63) is 46.5 Å². The normalized spacial score (nSPS) is 27.4. The maximum Gasteiger partial charge on any atom is 0.0686 e. The number of rotatable bonds is 3. The number of benzene rings is 1. The van der Waals surface area contributed by atoms with Crippen molar-refractivity contribution in [2.45, 2.75) is 32.2 Å². The summed E-state index contributed by atoms with van der Waals surface area (Å²) in [6.45, 7) is 6.77. The minimum atomic E-state index is 0.274. The van der Waals surface area contributed by atoms with Crippen molar-refractivity contribution in [3.63, 3.8) is 0 Å². The molecule has 19 heavy (non-hydrogen) atoms. The van der Waals surface area contributed by atoms with E-state index >= 15 is 0 Å². The quantitative estimate of drug-likeness (QED) is 0.911. The van der Waals surface area contributed by atoms with Gasteiger partial charge in [-0.15, -0.1) is 11.8 Å². The highest BCUT2D eigenvalue weighted by atomic mass is 32.2. The van der Waals surface area contributed by atoms with Crippen molar-refractivity contribution >= 4 is 11.8 Å². The van der Waals surface area contributed by atoms with E-state index in [-0.39, 0.29) is 5.54 Å². The molecule has 2 aliphatic heterocycles. The summed E-state index contributed by atoms with van der Waals surface area (Å²) in [4.78, 5) is 4.12. The average Bonchev–Trinajstić information content (AvgIpc) is 3.01. The summed E-state index contributed by atoms with van der Waals surface area (Å²) < 4.78 is 0. The van der Waals surface area contributed by atoms with Crippen molar-refractivity contribution in [1.82, 2.24) is 10.2 Å². The zero-order chi connectivity index (χ0) is 13.3. The van der Waals surface area contributed by atoms with Gasteiger partial charge in [-0.1, -0.05) is 30.3 Å². The lowest BCUT2D eigenvalue weighted by atomic mass is 9.88. The van der Waals surface area contributed by atoms with Crippen LogP contribution >= 0.6 is 11.8 Å². The van der Waals surface area contributed by atoms with Crippen LogP contribution in [-0.2, 0) is 6.42 Å². The van der Waals surface area contributed by atoms with E-state index in [9.17, 15) is 0 Å². The van der Waals surface area contributed by atoms with Crippen LogP contribution < -0.4 is 5.32 Å². The number of thioether (sulfide) groups is 1. The summed E-state index contributed by atoms with van der Waals surface area (Å²) in [5.41, 5.74) is 3.20. The highest BCUT2D eigenvalue weighted by molar-refractivity contribution is 8.03. The molecule has 102 valence electrons. The van der Waals surface area contributed by atoms with Crippen LogP contribution in [0.1, 0.15) is 25.8 Å². The number of nitrogens with one attached hydrogen (secondary N) is 1. The molecule has 3 rings (SSSR count). The predicted molar refractivity (Wildman–Crippen MR) is 83.0 cm³/mol. The van der Waals surface area contributed by atoms with E-state index in [4.69, 9.17) is 0 Å². The molecule has 0 bridgehead atoms. The van der Waals surface area contributed by atoms with Crippen LogP contribution in [0.5, 0.6) is 0 Å². The summed E-state index contributed by atoms with van der Waals surface area (Å²) in [6, 6.07) is 10.9. The maximum absolute atomic E-state index is 3.57. The lowest BCUT2D eigenvalue weighted by Gasteiger charge is -2.40. The first kappa shape index (κ1) is 13.1. The molecule has 0 aliphatic carbocycles. The van der Waals surface area contributed by atoms with Gasteiger partial charge < -0.3 is 10.2 Å². The Morgan fingerprint density at radius 3 is 2.63 bits per heavy atom. The number of hydrogen-bond acceptors (Lipinski definition) is 3. The van der Waals surface area contributed by atoms with E-state index in [1.54, 1.807) is 0 Å². The first-order valence-corrected chi connectivity index (χ1v) is 8.02. The standard InChI is InChI=1S/C16H22N2S/c1-13-14(2)19-12-18(13)16(8-9-17-11-16)10-15-6-4-3-5-7-15/h3-7,17H,8-12H2,1-2H3/t16-/m0/s1. The average molecular weight is 274 g/mol. The molecule has 0 unspecified atom stereocenters. The van der Waals surface area contributed by atoms with Gasteiger partial charge in [-0.25, -0.2) is 0 Å². The van der Waals surface area contributed by atoms with Crippen molar-refractivity contribution in [3.8, 4) is 0 Å². The van der Waals surface area contributed by atoms with Crippen molar-refractivity contribution in [2.75, 3.05) is 19.0 Å². The molecule has 0 saturated carbocycles. The highest BCUT2D eigenvalue weighted by Crippen LogP contribution is 2.40. The molecule has 1 fully saturated rings. The Morgan fingerprint density at radius 1 is 1.26 bits per heavy atom. The molecule has 1 aromatic carbocycles. The van der Waals surface area contributed by atoms with Gasteiger partial charge in [0.2, 0.25) is 0 Å². The number of allylic oxidation sites excluding steroid dienone is 2. The third-order valence-corrected chi connectivity index (χ3v) is 5.61. The van der Waals surface area contributed by atoms with Gasteiger partial charge in [-0.3, -0.25) is 0 Å². The molecule has 3 heteroatoms. The molecule has 2 heterocycles. The Kier molecular flexibility index (Phi) is 3.59. The zero-order valence-electron chi connectivity index (χ0n) is 11.8. The molecule has 0 aromatic heterocycles. The lowest BCUT2D eigenvalue weighted by molar-refractivity contribution is 0.176. The Hall–Kier alpha value is -0.930. The van der Waals surface area contributed by atoms with Gasteiger partial charge in [-0.2, -0.15) is 0 Å². The summed E-state index contributed by atoms with van der Waals surface area (Å²) in [5, 5.41) is 3.57. The fraction of sp³-hybridized carbons (Fsp3) is 0.500. The van der Waals surface area contributed by atoms with Crippen molar-refractivity contribution in [2.24, 2.45) is 0 Å². The Morgan fingerprint density at radius 2 is 2.05 bits per heavy atom. The van der Waals surface area contributed by atoms with E-state index in [0.717, 1.165) is 25.4 Å². The first-order valence-electron chi connectivity index (χ1n) is 7.04. The number of hydrogen-bond donors (Lipinski definition) is 1. The molecule has 1 aromatic rings. The molecule has 2 nitrogen and oxygen atoms in total. The van der Waals surface area contributed by atoms with E-state index in [0.29, 0.717) is 0 Å². The second-order valence-corrected chi connectivity index (χ2v) is 6.82. The third kappa shape index (κ3) is 2.41. The zero-order valence-corrected chi connectivity index (χ0v) is 12.6. The van der Waals surface area contributed by atoms with Crippen LogP contribution in [0.3, 0.4) is 0 Å². The van der Waals surface area contributed by atoms with Crippen LogP contribution in [0.15, 0.2) is 40.9 Å². The molecule has 1 N–H and O–H groups in total. The van der Waals surface area contributed by atoms with Crippen LogP contribution in [0, 0.1) is 0 Å². The summed E-state index contributed by atoms with van der Waals surface area (Å²) in [7, 11) is 0. The van der Waals surface area contributed by atoms with Gasteiger partial charge in [0.25, 0.3) is 0 Å². The van der Waals surface area contributed by atoms with E-state index < -0.39 is 0 Å². The molecular formula is C16H22N2S. The van der Waals surface area contributed by atoms with E-state index in [1.165, 1.54) is 22.6 Å². The largest absolute Gasteiger partial charge is 0.357 e. The Balaban J connectivity index is 1.88. The Bertz CT molecular complexity index is 475. The lowest BCUT2D eigenvalue weighted by Crippen LogP contribution is -2.49. The molecule has 1 atom stereocenters. The topological polar surface area (TPSA) is 15.3 Å². The maximum atomic E-state index is 3.57. The van der Waals surface area contributed by atoms with E-state index in [2.05, 4.69) is 54.4 Å². The van der Waals surface area contributed by atoms with Crippen LogP contribution in [0.4, 0.5) is 0 Å². The summed E-state index contributed by atoms with van der Waals surface area (Å²) >= 11 is 1.99. The molecule has 1 saturated heterocycles. The summed E-state index contributed by atoms with van der Waals surface area (Å²) in [5.74, 6) is 1.12. The number of nitrogens with zero attached hydrogens (tertiary/aromatic N) is 1. The fourth-order valence-corrected chi connectivity index (χ4v) is 4.34. The van der Waals surface area contributed by atoms with Crippen LogP contribution in [0.25, 0.3) is 0 Å². The second-order valence-electron chi connectivity index (χ2n) is 5.66. The molecule has 0 radical (unpaired) electrons. The fourth-order valence-electron chi connectivity index (χ4n) is 3.23. The molecule has 2 aliphatic rings. The first-order chi connectivity index (χ1) is 9.21. The minimum Gasteiger partial charge on any atom is -0.357 e. The SMILES string of the molecule is CC1=C(C)N([C@]2(Cc3ccccc3)CCNC2)CS1. The minimum absolute atomic E-state index is 0.274. The summed E-state index contributed by atoms with van der Waals surface area (Å²) in [6.07, 6.45) is 2.39. The van der Waals surface area contributed by atoms with Gasteiger partial charge in [0.05, 0.1) is 11.4 Å².